The Labute approximate surface area is 176 Å². The van der Waals surface area contributed by atoms with E-state index in [1.807, 2.05) is 62.4 Å². The second kappa shape index (κ2) is 9.39. The van der Waals surface area contributed by atoms with E-state index in [9.17, 15) is 9.59 Å². The Bertz CT molecular complexity index is 1080. The number of rotatable bonds is 7. The zero-order valence-electron chi connectivity index (χ0n) is 17.8. The predicted octanol–water partition coefficient (Wildman–Crippen LogP) is 3.60. The monoisotopic (exact) mass is 406 g/mol. The van der Waals surface area contributed by atoms with Crippen molar-refractivity contribution < 1.29 is 19.1 Å². The quantitative estimate of drug-likeness (QED) is 0.561. The van der Waals surface area contributed by atoms with E-state index in [0.29, 0.717) is 6.54 Å². The van der Waals surface area contributed by atoms with Gasteiger partial charge in [0.25, 0.3) is 5.91 Å². The number of esters is 1. The van der Waals surface area contributed by atoms with Crippen LogP contribution in [0, 0.1) is 13.8 Å². The third-order valence-corrected chi connectivity index (χ3v) is 5.14. The average Bonchev–Trinajstić information content (AvgIpc) is 2.75. The molecule has 0 aliphatic carbocycles. The number of hydrogen-bond acceptors (Lipinski definition) is 5. The van der Waals surface area contributed by atoms with Crippen LogP contribution in [-0.2, 0) is 27.3 Å². The van der Waals surface area contributed by atoms with Crippen molar-refractivity contribution in [2.75, 3.05) is 20.8 Å². The van der Waals surface area contributed by atoms with E-state index in [-0.39, 0.29) is 18.9 Å². The van der Waals surface area contributed by atoms with Crippen LogP contribution in [0.2, 0.25) is 0 Å². The molecule has 3 aromatic rings. The molecule has 1 heterocycles. The Kier molecular flexibility index (Phi) is 6.67. The molecule has 0 aliphatic rings. The fourth-order valence-electron chi connectivity index (χ4n) is 3.41. The Balaban J connectivity index is 1.59. The number of benzene rings is 2. The summed E-state index contributed by atoms with van der Waals surface area (Å²) in [6, 6.07) is 15.3. The first-order valence-electron chi connectivity index (χ1n) is 9.76. The fourth-order valence-corrected chi connectivity index (χ4v) is 3.41. The van der Waals surface area contributed by atoms with Gasteiger partial charge in [0.2, 0.25) is 0 Å². The summed E-state index contributed by atoms with van der Waals surface area (Å²) in [7, 11) is 3.28. The van der Waals surface area contributed by atoms with E-state index in [1.165, 1.54) is 4.90 Å². The van der Waals surface area contributed by atoms with Gasteiger partial charge in [0.05, 0.1) is 19.0 Å². The summed E-state index contributed by atoms with van der Waals surface area (Å²) >= 11 is 0. The number of pyridine rings is 1. The minimum atomic E-state index is -0.443. The van der Waals surface area contributed by atoms with Gasteiger partial charge in [0.1, 0.15) is 5.75 Å². The maximum atomic E-state index is 12.4. The van der Waals surface area contributed by atoms with Crippen molar-refractivity contribution in [3.63, 3.8) is 0 Å². The van der Waals surface area contributed by atoms with Gasteiger partial charge in [-0.2, -0.15) is 0 Å². The molecule has 0 unspecified atom stereocenters. The molecule has 0 atom stereocenters. The number of ether oxygens (including phenoxy) is 2. The van der Waals surface area contributed by atoms with Gasteiger partial charge in [-0.05, 0) is 48.7 Å². The number of nitrogens with zero attached hydrogens (tertiary/aromatic N) is 2. The van der Waals surface area contributed by atoms with Crippen LogP contribution in [0.5, 0.6) is 5.75 Å². The third kappa shape index (κ3) is 4.95. The Morgan fingerprint density at radius 1 is 1.07 bits per heavy atom. The molecule has 0 aliphatic heterocycles. The number of aryl methyl sites for hydroxylation is 2. The summed E-state index contributed by atoms with van der Waals surface area (Å²) in [5.41, 5.74) is 4.49. The second-order valence-corrected chi connectivity index (χ2v) is 7.26. The van der Waals surface area contributed by atoms with Crippen LogP contribution in [0.15, 0.2) is 48.5 Å². The first kappa shape index (κ1) is 21.3. The van der Waals surface area contributed by atoms with Gasteiger partial charge in [0.15, 0.2) is 6.61 Å². The maximum absolute atomic E-state index is 12.4. The van der Waals surface area contributed by atoms with Crippen LogP contribution in [0.1, 0.15) is 22.4 Å². The van der Waals surface area contributed by atoms with Crippen LogP contribution in [0.4, 0.5) is 0 Å². The number of carbonyl (C=O) groups excluding carboxylic acids is 2. The summed E-state index contributed by atoms with van der Waals surface area (Å²) in [5.74, 6) is 0.0205. The molecular weight excluding hydrogens is 380 g/mol. The molecule has 0 fully saturated rings. The summed E-state index contributed by atoms with van der Waals surface area (Å²) in [6.07, 6.45) is 0.0857. The Morgan fingerprint density at radius 2 is 1.83 bits per heavy atom. The van der Waals surface area contributed by atoms with Crippen LogP contribution >= 0.6 is 0 Å². The SMILES string of the molecule is COc1cccc(CN(C)C(=O)COC(=O)Cc2c(C)nc3ccccc3c2C)c1. The highest BCUT2D eigenvalue weighted by Gasteiger charge is 2.16. The van der Waals surface area contributed by atoms with Crippen molar-refractivity contribution in [2.45, 2.75) is 26.8 Å². The number of amides is 1. The van der Waals surface area contributed by atoms with Crippen molar-refractivity contribution in [3.05, 3.63) is 70.9 Å². The van der Waals surface area contributed by atoms with E-state index < -0.39 is 5.97 Å². The molecule has 0 N–H and O–H groups in total. The van der Waals surface area contributed by atoms with E-state index in [0.717, 1.165) is 39.0 Å². The van der Waals surface area contributed by atoms with Crippen LogP contribution in [0.25, 0.3) is 10.9 Å². The molecule has 2 aromatic carbocycles. The van der Waals surface area contributed by atoms with E-state index in [1.54, 1.807) is 14.2 Å². The standard InChI is InChI=1S/C24H26N2O4/c1-16-20-10-5-6-11-22(20)25-17(2)21(16)13-24(28)30-15-23(27)26(3)14-18-8-7-9-19(12-18)29-4/h5-12H,13-15H2,1-4H3. The molecule has 0 saturated carbocycles. The molecule has 0 spiro atoms. The minimum Gasteiger partial charge on any atom is -0.497 e. The topological polar surface area (TPSA) is 68.7 Å². The first-order chi connectivity index (χ1) is 14.4. The van der Waals surface area contributed by atoms with Gasteiger partial charge in [-0.1, -0.05) is 30.3 Å². The number of methoxy groups -OCH3 is 1. The van der Waals surface area contributed by atoms with Crippen molar-refractivity contribution >= 4 is 22.8 Å². The highest BCUT2D eigenvalue weighted by atomic mass is 16.5. The largest absolute Gasteiger partial charge is 0.497 e. The summed E-state index contributed by atoms with van der Waals surface area (Å²) in [5, 5.41) is 1.01. The van der Waals surface area contributed by atoms with Crippen LogP contribution in [0.3, 0.4) is 0 Å². The average molecular weight is 406 g/mol. The zero-order chi connectivity index (χ0) is 21.7. The number of para-hydroxylation sites is 1. The van der Waals surface area contributed by atoms with Crippen molar-refractivity contribution in [1.82, 2.24) is 9.88 Å². The molecular formula is C24H26N2O4. The predicted molar refractivity (Wildman–Crippen MR) is 115 cm³/mol. The summed E-state index contributed by atoms with van der Waals surface area (Å²) in [4.78, 5) is 30.9. The molecule has 0 radical (unpaired) electrons. The lowest BCUT2D eigenvalue weighted by molar-refractivity contribution is -0.151. The lowest BCUT2D eigenvalue weighted by atomic mass is 10.00. The minimum absolute atomic E-state index is 0.0857. The highest BCUT2D eigenvalue weighted by Crippen LogP contribution is 2.23. The molecule has 30 heavy (non-hydrogen) atoms. The lowest BCUT2D eigenvalue weighted by Crippen LogP contribution is -2.31. The van der Waals surface area contributed by atoms with Gasteiger partial charge < -0.3 is 14.4 Å². The summed E-state index contributed by atoms with van der Waals surface area (Å²) in [6.45, 7) is 3.97. The third-order valence-electron chi connectivity index (χ3n) is 5.14. The number of hydrogen-bond donors (Lipinski definition) is 0. The molecule has 0 saturated heterocycles. The highest BCUT2D eigenvalue weighted by molar-refractivity contribution is 5.86. The number of likely N-dealkylation sites (N-methyl/N-ethyl adjacent to an activating group) is 1. The van der Waals surface area contributed by atoms with Gasteiger partial charge in [-0.25, -0.2) is 0 Å². The molecule has 0 bridgehead atoms. The molecule has 6 heteroatoms. The molecule has 6 nitrogen and oxygen atoms in total. The smallest absolute Gasteiger partial charge is 0.310 e. The van der Waals surface area contributed by atoms with Crippen molar-refractivity contribution in [2.24, 2.45) is 0 Å². The number of aromatic nitrogens is 1. The van der Waals surface area contributed by atoms with E-state index in [2.05, 4.69) is 4.98 Å². The Morgan fingerprint density at radius 3 is 2.60 bits per heavy atom. The zero-order valence-corrected chi connectivity index (χ0v) is 17.8. The fraction of sp³-hybridized carbons (Fsp3) is 0.292. The lowest BCUT2D eigenvalue weighted by Gasteiger charge is -2.18. The van der Waals surface area contributed by atoms with E-state index in [4.69, 9.17) is 9.47 Å². The van der Waals surface area contributed by atoms with Crippen molar-refractivity contribution in [3.8, 4) is 5.75 Å². The van der Waals surface area contributed by atoms with E-state index >= 15 is 0 Å². The second-order valence-electron chi connectivity index (χ2n) is 7.26. The molecule has 1 aromatic heterocycles. The normalized spacial score (nSPS) is 10.7. The van der Waals surface area contributed by atoms with Crippen LogP contribution < -0.4 is 4.74 Å². The first-order valence-corrected chi connectivity index (χ1v) is 9.76. The maximum Gasteiger partial charge on any atom is 0.310 e. The van der Waals surface area contributed by atoms with Crippen molar-refractivity contribution in [1.29, 1.82) is 0 Å². The van der Waals surface area contributed by atoms with Gasteiger partial charge in [-0.15, -0.1) is 0 Å². The Hall–Kier alpha value is -3.41. The molecule has 3 rings (SSSR count). The van der Waals surface area contributed by atoms with Crippen LogP contribution in [-0.4, -0.2) is 42.5 Å². The van der Waals surface area contributed by atoms with Gasteiger partial charge in [-0.3, -0.25) is 14.6 Å². The number of carbonyl (C=O) groups is 2. The van der Waals surface area contributed by atoms with Gasteiger partial charge in [0, 0.05) is 24.7 Å². The molecule has 1 amide bonds. The summed E-state index contributed by atoms with van der Waals surface area (Å²) < 4.78 is 10.5. The number of fused-ring (bicyclic) bond motifs is 1. The molecule has 156 valence electrons. The van der Waals surface area contributed by atoms with Gasteiger partial charge >= 0.3 is 5.97 Å².